The first-order valence-electron chi connectivity index (χ1n) is 14.2. The number of rotatable bonds is 6. The van der Waals surface area contributed by atoms with Crippen molar-refractivity contribution in [3.05, 3.63) is 35.1 Å². The summed E-state index contributed by atoms with van der Waals surface area (Å²) in [6, 6.07) is 3.64. The monoisotopic (exact) mass is 544 g/mol. The molecule has 1 saturated carbocycles. The van der Waals surface area contributed by atoms with Crippen LogP contribution in [-0.2, 0) is 25.5 Å². The summed E-state index contributed by atoms with van der Waals surface area (Å²) in [7, 11) is 0. The molecule has 1 unspecified atom stereocenters. The molecule has 3 amide bonds. The number of primary amides is 1. The SMILES string of the molecule is CC(C)(C)OC(=O)N1[C@@H]2CC[C@@H](C2)[C@H]1C(=O)N[C@@H](Cc1ccc([C@@H]2CCN3CCOCC3C2)cc1F)C(N)=O. The van der Waals surface area contributed by atoms with Crippen molar-refractivity contribution in [2.45, 2.75) is 95.0 Å². The number of nitrogens with one attached hydrogen (secondary N) is 1. The second kappa shape index (κ2) is 11.0. The van der Waals surface area contributed by atoms with Crippen molar-refractivity contribution in [3.63, 3.8) is 0 Å². The number of morpholine rings is 1. The molecule has 3 N–H and O–H groups in total. The number of benzene rings is 1. The summed E-state index contributed by atoms with van der Waals surface area (Å²) in [5.74, 6) is -1.36. The van der Waals surface area contributed by atoms with Crippen LogP contribution in [0, 0.1) is 11.7 Å². The molecule has 214 valence electrons. The van der Waals surface area contributed by atoms with Crippen LogP contribution in [0.25, 0.3) is 0 Å². The minimum atomic E-state index is -1.10. The van der Waals surface area contributed by atoms with Gasteiger partial charge in [0.2, 0.25) is 11.8 Å². The maximum absolute atomic E-state index is 15.3. The van der Waals surface area contributed by atoms with Crippen molar-refractivity contribution >= 4 is 17.9 Å². The molecule has 10 heteroatoms. The predicted molar refractivity (Wildman–Crippen MR) is 142 cm³/mol. The second-order valence-electron chi connectivity index (χ2n) is 12.6. The summed E-state index contributed by atoms with van der Waals surface area (Å²) in [5, 5.41) is 2.73. The van der Waals surface area contributed by atoms with Crippen LogP contribution in [-0.4, -0.2) is 83.8 Å². The van der Waals surface area contributed by atoms with Gasteiger partial charge in [0.1, 0.15) is 23.5 Å². The number of carbonyl (C=O) groups is 3. The Morgan fingerprint density at radius 2 is 1.95 bits per heavy atom. The van der Waals surface area contributed by atoms with E-state index in [1.165, 1.54) is 4.90 Å². The average Bonchev–Trinajstić information content (AvgIpc) is 3.50. The van der Waals surface area contributed by atoms with Gasteiger partial charge in [-0.15, -0.1) is 0 Å². The molecule has 1 aromatic rings. The molecule has 3 heterocycles. The predicted octanol–water partition coefficient (Wildman–Crippen LogP) is 2.70. The zero-order valence-corrected chi connectivity index (χ0v) is 23.2. The highest BCUT2D eigenvalue weighted by Crippen LogP contribution is 2.43. The number of nitrogens with zero attached hydrogens (tertiary/aromatic N) is 2. The summed E-state index contributed by atoms with van der Waals surface area (Å²) < 4.78 is 26.5. The number of hydrogen-bond acceptors (Lipinski definition) is 6. The third-order valence-corrected chi connectivity index (χ3v) is 8.76. The van der Waals surface area contributed by atoms with Crippen LogP contribution in [0.1, 0.15) is 69.9 Å². The molecule has 3 aliphatic heterocycles. The van der Waals surface area contributed by atoms with Gasteiger partial charge in [0, 0.05) is 25.0 Å². The molecule has 4 aliphatic rings. The van der Waals surface area contributed by atoms with Gasteiger partial charge in [0.15, 0.2) is 0 Å². The number of nitrogens with two attached hydrogens (primary N) is 1. The Kier molecular flexibility index (Phi) is 7.88. The van der Waals surface area contributed by atoms with Crippen LogP contribution in [0.4, 0.5) is 9.18 Å². The molecule has 39 heavy (non-hydrogen) atoms. The van der Waals surface area contributed by atoms with Crippen LogP contribution >= 0.6 is 0 Å². The molecule has 9 nitrogen and oxygen atoms in total. The van der Waals surface area contributed by atoms with E-state index in [0.29, 0.717) is 18.2 Å². The van der Waals surface area contributed by atoms with Crippen molar-refractivity contribution in [1.29, 1.82) is 0 Å². The van der Waals surface area contributed by atoms with Gasteiger partial charge >= 0.3 is 6.09 Å². The zero-order valence-electron chi connectivity index (χ0n) is 23.2. The van der Waals surface area contributed by atoms with Gasteiger partial charge in [0.25, 0.3) is 0 Å². The van der Waals surface area contributed by atoms with Crippen molar-refractivity contribution in [2.75, 3.05) is 26.3 Å². The topological polar surface area (TPSA) is 114 Å². The molecule has 0 spiro atoms. The fourth-order valence-corrected chi connectivity index (χ4v) is 6.86. The van der Waals surface area contributed by atoms with Gasteiger partial charge in [-0.3, -0.25) is 19.4 Å². The Hall–Kier alpha value is -2.72. The van der Waals surface area contributed by atoms with Crippen LogP contribution in [0.3, 0.4) is 0 Å². The lowest BCUT2D eigenvalue weighted by molar-refractivity contribution is -0.132. The first kappa shape index (κ1) is 27.8. The highest BCUT2D eigenvalue weighted by atomic mass is 19.1. The van der Waals surface area contributed by atoms with E-state index in [9.17, 15) is 14.4 Å². The Labute approximate surface area is 229 Å². The summed E-state index contributed by atoms with van der Waals surface area (Å²) in [6.07, 6.45) is 3.67. The average molecular weight is 545 g/mol. The third kappa shape index (κ3) is 6.06. The smallest absolute Gasteiger partial charge is 0.411 e. The van der Waals surface area contributed by atoms with Crippen molar-refractivity contribution in [2.24, 2.45) is 11.7 Å². The van der Waals surface area contributed by atoms with Gasteiger partial charge in [-0.05, 0) is 88.4 Å². The Morgan fingerprint density at radius 3 is 2.67 bits per heavy atom. The fourth-order valence-electron chi connectivity index (χ4n) is 6.86. The lowest BCUT2D eigenvalue weighted by atomic mass is 9.84. The molecule has 2 bridgehead atoms. The van der Waals surface area contributed by atoms with Crippen molar-refractivity contribution in [1.82, 2.24) is 15.1 Å². The highest BCUT2D eigenvalue weighted by molar-refractivity contribution is 5.91. The second-order valence-corrected chi connectivity index (χ2v) is 12.6. The number of carbonyl (C=O) groups excluding carboxylic acids is 3. The lowest BCUT2D eigenvalue weighted by Gasteiger charge is -2.42. The lowest BCUT2D eigenvalue weighted by Crippen LogP contribution is -2.57. The van der Waals surface area contributed by atoms with Crippen LogP contribution in [0.2, 0.25) is 0 Å². The maximum atomic E-state index is 15.3. The molecule has 5 rings (SSSR count). The summed E-state index contributed by atoms with van der Waals surface area (Å²) in [4.78, 5) is 42.6. The molecule has 1 aliphatic carbocycles. The van der Waals surface area contributed by atoms with Gasteiger partial charge in [0.05, 0.1) is 13.2 Å². The van der Waals surface area contributed by atoms with Gasteiger partial charge in [-0.2, -0.15) is 0 Å². The first-order chi connectivity index (χ1) is 18.5. The molecular formula is C29H41FN4O5. The number of halogens is 1. The van der Waals surface area contributed by atoms with E-state index in [4.69, 9.17) is 15.2 Å². The normalized spacial score (nSPS) is 29.5. The minimum Gasteiger partial charge on any atom is -0.444 e. The number of piperidine rings is 2. The summed E-state index contributed by atoms with van der Waals surface area (Å²) in [5.41, 5.74) is 6.21. The van der Waals surface area contributed by atoms with Crippen LogP contribution in [0.15, 0.2) is 18.2 Å². The molecule has 0 radical (unpaired) electrons. The minimum absolute atomic E-state index is 0.00644. The Bertz CT molecular complexity index is 1110. The largest absolute Gasteiger partial charge is 0.444 e. The van der Waals surface area contributed by atoms with E-state index in [2.05, 4.69) is 10.2 Å². The van der Waals surface area contributed by atoms with E-state index in [1.54, 1.807) is 32.9 Å². The molecule has 1 aromatic carbocycles. The van der Waals surface area contributed by atoms with E-state index in [-0.39, 0.29) is 24.3 Å². The maximum Gasteiger partial charge on any atom is 0.411 e. The zero-order chi connectivity index (χ0) is 27.9. The van der Waals surface area contributed by atoms with Gasteiger partial charge in [-0.1, -0.05) is 12.1 Å². The van der Waals surface area contributed by atoms with Crippen molar-refractivity contribution < 1.29 is 28.2 Å². The van der Waals surface area contributed by atoms with E-state index in [0.717, 1.165) is 57.4 Å². The van der Waals surface area contributed by atoms with Crippen molar-refractivity contribution in [3.8, 4) is 0 Å². The summed E-state index contributed by atoms with van der Waals surface area (Å²) >= 11 is 0. The number of hydrogen-bond donors (Lipinski definition) is 2. The molecule has 3 saturated heterocycles. The third-order valence-electron chi connectivity index (χ3n) is 8.76. The van der Waals surface area contributed by atoms with Crippen LogP contribution < -0.4 is 11.1 Å². The van der Waals surface area contributed by atoms with E-state index >= 15 is 4.39 Å². The number of ether oxygens (including phenoxy) is 2. The quantitative estimate of drug-likeness (QED) is 0.569. The van der Waals surface area contributed by atoms with Gasteiger partial charge in [-0.25, -0.2) is 9.18 Å². The number of likely N-dealkylation sites (tertiary alicyclic amines) is 1. The first-order valence-corrected chi connectivity index (χ1v) is 14.2. The fraction of sp³-hybridized carbons (Fsp3) is 0.690. The number of fused-ring (bicyclic) bond motifs is 3. The summed E-state index contributed by atoms with van der Waals surface area (Å²) in [6.45, 7) is 8.75. The van der Waals surface area contributed by atoms with Crippen LogP contribution in [0.5, 0.6) is 0 Å². The number of amides is 3. The Balaban J connectivity index is 1.25. The molecule has 0 aromatic heterocycles. The molecule has 6 atom stereocenters. The van der Waals surface area contributed by atoms with E-state index in [1.807, 2.05) is 6.07 Å². The van der Waals surface area contributed by atoms with Gasteiger partial charge < -0.3 is 20.5 Å². The molecular weight excluding hydrogens is 503 g/mol. The highest BCUT2D eigenvalue weighted by Gasteiger charge is 2.52. The van der Waals surface area contributed by atoms with E-state index < -0.39 is 41.4 Å². The molecule has 4 fully saturated rings. The Morgan fingerprint density at radius 1 is 1.15 bits per heavy atom. The standard InChI is InChI=1S/C29H41FN4O5/c1-29(2,3)39-28(37)34-21-7-6-20(13-21)25(34)27(36)32-24(26(31)35)15-19-5-4-17(14-23(19)30)18-8-9-33-10-11-38-16-22(33)12-18/h4-5,14,18,20-22,24-25H,6-13,15-16H2,1-3H3,(H2,31,35)(H,32,36)/t18-,20+,21-,22?,24+,25+/m1/s1.